The summed E-state index contributed by atoms with van der Waals surface area (Å²) in [6.45, 7) is 6.61. The lowest BCUT2D eigenvalue weighted by Crippen LogP contribution is -2.17. The monoisotopic (exact) mass is 521 g/mol. The number of hydrogen-bond donors (Lipinski definition) is 1. The molecule has 0 unspecified atom stereocenters. The van der Waals surface area contributed by atoms with E-state index in [0.717, 1.165) is 45.6 Å². The topological polar surface area (TPSA) is 30.5 Å². The van der Waals surface area contributed by atoms with Crippen molar-refractivity contribution in [3.05, 3.63) is 91.4 Å². The van der Waals surface area contributed by atoms with Crippen LogP contribution in [0.25, 0.3) is 0 Å². The quantitative estimate of drug-likeness (QED) is 0.282. The van der Waals surface area contributed by atoms with Crippen LogP contribution in [0.2, 0.25) is 10.0 Å². The Morgan fingerprint density at radius 2 is 1.74 bits per heavy atom. The molecule has 31 heavy (non-hydrogen) atoms. The lowest BCUT2D eigenvalue weighted by Gasteiger charge is -2.16. The van der Waals surface area contributed by atoms with Gasteiger partial charge in [-0.3, -0.25) is 0 Å². The Hall–Kier alpha value is -1.72. The van der Waals surface area contributed by atoms with Gasteiger partial charge in [0.1, 0.15) is 6.61 Å². The third-order valence-electron chi connectivity index (χ3n) is 4.79. The Morgan fingerprint density at radius 3 is 2.48 bits per heavy atom. The number of halogens is 3. The minimum atomic E-state index is 0.494. The van der Waals surface area contributed by atoms with E-state index < -0.39 is 0 Å². The smallest absolute Gasteiger partial charge is 0.162 e. The third kappa shape index (κ3) is 7.15. The fraction of sp³-hybridized carbons (Fsp3) is 0.280. The van der Waals surface area contributed by atoms with Gasteiger partial charge in [0.2, 0.25) is 0 Å². The second-order valence-corrected chi connectivity index (χ2v) is 8.96. The number of nitrogens with one attached hydrogen (secondary N) is 1. The molecule has 3 aromatic rings. The molecule has 0 atom stereocenters. The molecule has 0 saturated heterocycles. The average molecular weight is 523 g/mol. The molecule has 0 fully saturated rings. The molecule has 0 amide bonds. The summed E-state index contributed by atoms with van der Waals surface area (Å²) in [7, 11) is 0. The highest BCUT2D eigenvalue weighted by Crippen LogP contribution is 2.34. The molecule has 0 aliphatic rings. The molecular weight excluding hydrogens is 497 g/mol. The van der Waals surface area contributed by atoms with E-state index in [-0.39, 0.29) is 0 Å². The molecule has 0 aromatic heterocycles. The molecule has 0 bridgehead atoms. The second-order valence-electron chi connectivity index (χ2n) is 7.26. The van der Waals surface area contributed by atoms with Crippen LogP contribution in [0.3, 0.4) is 0 Å². The lowest BCUT2D eigenvalue weighted by atomic mass is 10.1. The van der Waals surface area contributed by atoms with E-state index in [9.17, 15) is 0 Å². The Morgan fingerprint density at radius 1 is 0.935 bits per heavy atom. The number of benzene rings is 3. The van der Waals surface area contributed by atoms with Crippen LogP contribution in [0.1, 0.15) is 29.2 Å². The summed E-state index contributed by atoms with van der Waals surface area (Å²) in [5.41, 5.74) is 4.53. The van der Waals surface area contributed by atoms with Gasteiger partial charge in [-0.05, 0) is 67.8 Å². The maximum atomic E-state index is 6.26. The fourth-order valence-corrected chi connectivity index (χ4v) is 4.19. The Bertz CT molecular complexity index is 1030. The normalized spacial score (nSPS) is 10.9. The van der Waals surface area contributed by atoms with Gasteiger partial charge in [-0.25, -0.2) is 0 Å². The van der Waals surface area contributed by atoms with Crippen LogP contribution in [0.4, 0.5) is 0 Å². The molecule has 3 aromatic carbocycles. The molecule has 3 rings (SSSR count). The molecule has 0 spiro atoms. The predicted molar refractivity (Wildman–Crippen MR) is 133 cm³/mol. The van der Waals surface area contributed by atoms with Gasteiger partial charge < -0.3 is 14.8 Å². The summed E-state index contributed by atoms with van der Waals surface area (Å²) in [6, 6.07) is 17.9. The summed E-state index contributed by atoms with van der Waals surface area (Å²) < 4.78 is 12.9. The van der Waals surface area contributed by atoms with Crippen molar-refractivity contribution >= 4 is 39.1 Å². The van der Waals surface area contributed by atoms with Crippen molar-refractivity contribution in [2.24, 2.45) is 0 Å². The number of hydrogen-bond acceptors (Lipinski definition) is 3. The summed E-state index contributed by atoms with van der Waals surface area (Å²) in [6.07, 6.45) is 0.823. The SMILES string of the molecule is CCOc1cc(CNCCc2ccc(Cl)cc2Cl)c(Br)cc1OCc1cccc(C)c1. The summed E-state index contributed by atoms with van der Waals surface area (Å²) in [5, 5.41) is 4.82. The molecule has 0 aliphatic heterocycles. The van der Waals surface area contributed by atoms with Crippen LogP contribution in [-0.2, 0) is 19.6 Å². The molecule has 6 heteroatoms. The lowest BCUT2D eigenvalue weighted by molar-refractivity contribution is 0.269. The first-order valence-corrected chi connectivity index (χ1v) is 11.8. The fourth-order valence-electron chi connectivity index (χ4n) is 3.23. The summed E-state index contributed by atoms with van der Waals surface area (Å²) >= 11 is 15.9. The van der Waals surface area contributed by atoms with Crippen molar-refractivity contribution in [2.75, 3.05) is 13.2 Å². The highest BCUT2D eigenvalue weighted by molar-refractivity contribution is 9.10. The minimum Gasteiger partial charge on any atom is -0.490 e. The molecule has 0 saturated carbocycles. The van der Waals surface area contributed by atoms with Gasteiger partial charge in [0.25, 0.3) is 0 Å². The van der Waals surface area contributed by atoms with Gasteiger partial charge >= 0.3 is 0 Å². The first-order chi connectivity index (χ1) is 15.0. The average Bonchev–Trinajstić information content (AvgIpc) is 2.73. The maximum Gasteiger partial charge on any atom is 0.162 e. The van der Waals surface area contributed by atoms with Crippen LogP contribution >= 0.6 is 39.1 Å². The maximum absolute atomic E-state index is 6.26. The van der Waals surface area contributed by atoms with Crippen LogP contribution in [0.5, 0.6) is 11.5 Å². The van der Waals surface area contributed by atoms with E-state index in [2.05, 4.69) is 46.4 Å². The van der Waals surface area contributed by atoms with Gasteiger partial charge in [0.05, 0.1) is 6.61 Å². The number of rotatable bonds is 10. The number of aryl methyl sites for hydroxylation is 1. The van der Waals surface area contributed by atoms with Gasteiger partial charge in [0, 0.05) is 21.1 Å². The molecule has 3 nitrogen and oxygen atoms in total. The largest absolute Gasteiger partial charge is 0.490 e. The zero-order valence-corrected chi connectivity index (χ0v) is 20.8. The van der Waals surface area contributed by atoms with Crippen molar-refractivity contribution in [3.8, 4) is 11.5 Å². The van der Waals surface area contributed by atoms with Crippen LogP contribution < -0.4 is 14.8 Å². The van der Waals surface area contributed by atoms with E-state index in [1.54, 1.807) is 6.07 Å². The molecule has 1 N–H and O–H groups in total. The van der Waals surface area contributed by atoms with Crippen molar-refractivity contribution in [1.82, 2.24) is 5.32 Å². The van der Waals surface area contributed by atoms with Crippen molar-refractivity contribution in [2.45, 2.75) is 33.4 Å². The molecule has 164 valence electrons. The molecule has 0 radical (unpaired) electrons. The van der Waals surface area contributed by atoms with Gasteiger partial charge in [0.15, 0.2) is 11.5 Å². The zero-order chi connectivity index (χ0) is 22.2. The van der Waals surface area contributed by atoms with Crippen LogP contribution in [-0.4, -0.2) is 13.2 Å². The molecular formula is C25H26BrCl2NO2. The van der Waals surface area contributed by atoms with E-state index in [1.165, 1.54) is 5.56 Å². The Kier molecular flexibility index (Phi) is 9.09. The minimum absolute atomic E-state index is 0.494. The van der Waals surface area contributed by atoms with E-state index in [4.69, 9.17) is 32.7 Å². The predicted octanol–water partition coefficient (Wildman–Crippen LogP) is 7.37. The highest BCUT2D eigenvalue weighted by atomic mass is 79.9. The van der Waals surface area contributed by atoms with E-state index in [0.29, 0.717) is 29.8 Å². The van der Waals surface area contributed by atoms with Gasteiger partial charge in [-0.2, -0.15) is 0 Å². The van der Waals surface area contributed by atoms with Gasteiger partial charge in [-0.15, -0.1) is 0 Å². The molecule has 0 heterocycles. The van der Waals surface area contributed by atoms with E-state index in [1.807, 2.05) is 37.3 Å². The summed E-state index contributed by atoms with van der Waals surface area (Å²) in [4.78, 5) is 0. The Balaban J connectivity index is 1.62. The third-order valence-corrected chi connectivity index (χ3v) is 6.12. The number of ether oxygens (including phenoxy) is 2. The first kappa shape index (κ1) is 23.9. The summed E-state index contributed by atoms with van der Waals surface area (Å²) in [5.74, 6) is 1.47. The standard InChI is InChI=1S/C25H26BrCl2NO2/c1-3-30-24-12-20(15-29-10-9-19-7-8-21(27)13-23(19)28)22(26)14-25(24)31-16-18-6-4-5-17(2)11-18/h4-8,11-14,29H,3,9-10,15-16H2,1-2H3. The van der Waals surface area contributed by atoms with E-state index >= 15 is 0 Å². The Labute approximate surface area is 202 Å². The second kappa shape index (κ2) is 11.8. The van der Waals surface area contributed by atoms with Crippen molar-refractivity contribution < 1.29 is 9.47 Å². The van der Waals surface area contributed by atoms with Crippen molar-refractivity contribution in [1.29, 1.82) is 0 Å². The van der Waals surface area contributed by atoms with Gasteiger partial charge in [-0.1, -0.05) is 75.0 Å². The van der Waals surface area contributed by atoms with Crippen molar-refractivity contribution in [3.63, 3.8) is 0 Å². The zero-order valence-electron chi connectivity index (χ0n) is 17.7. The first-order valence-electron chi connectivity index (χ1n) is 10.2. The van der Waals surface area contributed by atoms with Crippen LogP contribution in [0.15, 0.2) is 59.1 Å². The van der Waals surface area contributed by atoms with Crippen LogP contribution in [0, 0.1) is 6.92 Å². The highest BCUT2D eigenvalue weighted by Gasteiger charge is 2.12. The molecule has 0 aliphatic carbocycles.